The number of benzene rings is 2. The highest BCUT2D eigenvalue weighted by Gasteiger charge is 2.21. The molecule has 0 aromatic heterocycles. The zero-order chi connectivity index (χ0) is 19.2. The van der Waals surface area contributed by atoms with Gasteiger partial charge in [-0.3, -0.25) is 9.59 Å². The van der Waals surface area contributed by atoms with Crippen molar-refractivity contribution in [1.82, 2.24) is 5.32 Å². The molecule has 1 aliphatic rings. The van der Waals surface area contributed by atoms with E-state index in [1.54, 1.807) is 4.90 Å². The highest BCUT2D eigenvalue weighted by atomic mass is 16.5. The number of carbonyl (C=O) groups excluding carboxylic acids is 2. The maximum absolute atomic E-state index is 12.3. The van der Waals surface area contributed by atoms with Crippen LogP contribution < -0.4 is 15.0 Å². The Bertz CT molecular complexity index is 801. The molecule has 0 saturated carbocycles. The smallest absolute Gasteiger partial charge is 0.227 e. The lowest BCUT2D eigenvalue weighted by Crippen LogP contribution is -2.37. The number of hydrogen-bond acceptors (Lipinski definition) is 3. The lowest BCUT2D eigenvalue weighted by atomic mass is 10.1. The van der Waals surface area contributed by atoms with Crippen LogP contribution in [0.2, 0.25) is 0 Å². The fraction of sp³-hybridized carbons (Fsp3) is 0.364. The predicted molar refractivity (Wildman–Crippen MR) is 106 cm³/mol. The molecule has 5 heteroatoms. The second kappa shape index (κ2) is 8.71. The molecule has 27 heavy (non-hydrogen) atoms. The van der Waals surface area contributed by atoms with Gasteiger partial charge in [0, 0.05) is 18.7 Å². The van der Waals surface area contributed by atoms with E-state index in [0.717, 1.165) is 35.5 Å². The molecule has 2 aromatic rings. The van der Waals surface area contributed by atoms with Gasteiger partial charge >= 0.3 is 0 Å². The molecular formula is C22H26N2O3. The first kappa shape index (κ1) is 19.0. The van der Waals surface area contributed by atoms with Gasteiger partial charge in [-0.05, 0) is 55.7 Å². The molecule has 2 aromatic carbocycles. The summed E-state index contributed by atoms with van der Waals surface area (Å²) in [4.78, 5) is 25.8. The molecule has 0 spiro atoms. The minimum atomic E-state index is -0.0838. The Morgan fingerprint density at radius 1 is 1.22 bits per heavy atom. The Labute approximate surface area is 160 Å². The SMILES string of the molecule is Cc1cccc(OCC(C)NC(=O)Cc2ccc(N3CCCC3=O)cc2)c1. The molecule has 1 heterocycles. The number of rotatable bonds is 7. The molecule has 0 radical (unpaired) electrons. The van der Waals surface area contributed by atoms with E-state index in [0.29, 0.717) is 19.4 Å². The van der Waals surface area contributed by atoms with Crippen LogP contribution in [0.5, 0.6) is 5.75 Å². The number of aryl methyl sites for hydroxylation is 1. The van der Waals surface area contributed by atoms with Gasteiger partial charge in [-0.1, -0.05) is 24.3 Å². The van der Waals surface area contributed by atoms with E-state index >= 15 is 0 Å². The van der Waals surface area contributed by atoms with Crippen LogP contribution >= 0.6 is 0 Å². The number of nitrogens with zero attached hydrogens (tertiary/aromatic N) is 1. The van der Waals surface area contributed by atoms with E-state index in [2.05, 4.69) is 5.32 Å². The van der Waals surface area contributed by atoms with Crippen LogP contribution in [-0.2, 0) is 16.0 Å². The minimum Gasteiger partial charge on any atom is -0.491 e. The van der Waals surface area contributed by atoms with Crippen LogP contribution in [0.3, 0.4) is 0 Å². The molecule has 2 amide bonds. The summed E-state index contributed by atoms with van der Waals surface area (Å²) < 4.78 is 5.73. The summed E-state index contributed by atoms with van der Waals surface area (Å²) >= 11 is 0. The zero-order valence-corrected chi connectivity index (χ0v) is 15.9. The lowest BCUT2D eigenvalue weighted by molar-refractivity contribution is -0.121. The van der Waals surface area contributed by atoms with Gasteiger partial charge in [0.15, 0.2) is 0 Å². The van der Waals surface area contributed by atoms with E-state index < -0.39 is 0 Å². The molecule has 5 nitrogen and oxygen atoms in total. The quantitative estimate of drug-likeness (QED) is 0.818. The third kappa shape index (κ3) is 5.33. The molecule has 1 fully saturated rings. The Kier molecular flexibility index (Phi) is 6.12. The number of ether oxygens (including phenoxy) is 1. The molecule has 1 atom stereocenters. The van der Waals surface area contributed by atoms with Crippen molar-refractivity contribution in [3.63, 3.8) is 0 Å². The van der Waals surface area contributed by atoms with Gasteiger partial charge in [-0.15, -0.1) is 0 Å². The van der Waals surface area contributed by atoms with Gasteiger partial charge in [0.25, 0.3) is 0 Å². The molecule has 1 N–H and O–H groups in total. The molecule has 1 saturated heterocycles. The van der Waals surface area contributed by atoms with Crippen LogP contribution in [0.15, 0.2) is 48.5 Å². The standard InChI is InChI=1S/C22H26N2O3/c1-16-5-3-6-20(13-16)27-15-17(2)23-21(25)14-18-8-10-19(11-9-18)24-12-4-7-22(24)26/h3,5-6,8-11,13,17H,4,7,12,14-15H2,1-2H3,(H,23,25). The van der Waals surface area contributed by atoms with Crippen molar-refractivity contribution < 1.29 is 14.3 Å². The Morgan fingerprint density at radius 2 is 2.00 bits per heavy atom. The predicted octanol–water partition coefficient (Wildman–Crippen LogP) is 3.25. The summed E-state index contributed by atoms with van der Waals surface area (Å²) in [6, 6.07) is 15.4. The monoisotopic (exact) mass is 366 g/mol. The molecule has 142 valence electrons. The van der Waals surface area contributed by atoms with Gasteiger partial charge in [0.1, 0.15) is 12.4 Å². The van der Waals surface area contributed by atoms with E-state index in [1.807, 2.05) is 62.4 Å². The topological polar surface area (TPSA) is 58.6 Å². The summed E-state index contributed by atoms with van der Waals surface area (Å²) in [6.07, 6.45) is 1.83. The fourth-order valence-corrected chi connectivity index (χ4v) is 3.19. The first-order valence-electron chi connectivity index (χ1n) is 9.39. The van der Waals surface area contributed by atoms with Crippen molar-refractivity contribution in [2.75, 3.05) is 18.1 Å². The van der Waals surface area contributed by atoms with Crippen LogP contribution in [0, 0.1) is 6.92 Å². The maximum Gasteiger partial charge on any atom is 0.227 e. The molecule has 1 unspecified atom stereocenters. The van der Waals surface area contributed by atoms with Crippen molar-refractivity contribution in [3.05, 3.63) is 59.7 Å². The second-order valence-electron chi connectivity index (χ2n) is 7.09. The van der Waals surface area contributed by atoms with Crippen LogP contribution in [-0.4, -0.2) is 31.0 Å². The minimum absolute atomic E-state index is 0.0414. The van der Waals surface area contributed by atoms with Crippen LogP contribution in [0.1, 0.15) is 30.9 Å². The van der Waals surface area contributed by atoms with Crippen molar-refractivity contribution in [2.24, 2.45) is 0 Å². The van der Waals surface area contributed by atoms with Crippen molar-refractivity contribution in [3.8, 4) is 5.75 Å². The van der Waals surface area contributed by atoms with Gasteiger partial charge in [-0.25, -0.2) is 0 Å². The van der Waals surface area contributed by atoms with Gasteiger partial charge in [0.05, 0.1) is 12.5 Å². The molecule has 0 aliphatic carbocycles. The Hall–Kier alpha value is -2.82. The molecule has 0 bridgehead atoms. The number of hydrogen-bond donors (Lipinski definition) is 1. The Morgan fingerprint density at radius 3 is 2.67 bits per heavy atom. The summed E-state index contributed by atoms with van der Waals surface area (Å²) in [6.45, 7) is 5.14. The summed E-state index contributed by atoms with van der Waals surface area (Å²) in [5.41, 5.74) is 2.97. The third-order valence-electron chi connectivity index (χ3n) is 4.58. The molecule has 1 aliphatic heterocycles. The van der Waals surface area contributed by atoms with Crippen molar-refractivity contribution in [1.29, 1.82) is 0 Å². The normalized spacial score (nSPS) is 14.9. The number of amides is 2. The molecule has 3 rings (SSSR count). The summed E-state index contributed by atoms with van der Waals surface area (Å²) in [5.74, 6) is 0.936. The molecular weight excluding hydrogens is 340 g/mol. The van der Waals surface area contributed by atoms with Gasteiger partial charge in [-0.2, -0.15) is 0 Å². The van der Waals surface area contributed by atoms with E-state index in [-0.39, 0.29) is 17.9 Å². The number of anilines is 1. The van der Waals surface area contributed by atoms with Crippen LogP contribution in [0.4, 0.5) is 5.69 Å². The Balaban J connectivity index is 1.46. The highest BCUT2D eigenvalue weighted by molar-refractivity contribution is 5.95. The average molecular weight is 366 g/mol. The fourth-order valence-electron chi connectivity index (χ4n) is 3.19. The van der Waals surface area contributed by atoms with E-state index in [1.165, 1.54) is 0 Å². The second-order valence-corrected chi connectivity index (χ2v) is 7.09. The van der Waals surface area contributed by atoms with Gasteiger partial charge < -0.3 is 15.0 Å². The number of nitrogens with one attached hydrogen (secondary N) is 1. The first-order chi connectivity index (χ1) is 13.0. The number of carbonyl (C=O) groups is 2. The summed E-state index contributed by atoms with van der Waals surface area (Å²) in [5, 5.41) is 2.96. The van der Waals surface area contributed by atoms with E-state index in [4.69, 9.17) is 4.74 Å². The highest BCUT2D eigenvalue weighted by Crippen LogP contribution is 2.21. The summed E-state index contributed by atoms with van der Waals surface area (Å²) in [7, 11) is 0. The third-order valence-corrected chi connectivity index (χ3v) is 4.58. The van der Waals surface area contributed by atoms with Crippen molar-refractivity contribution >= 4 is 17.5 Å². The van der Waals surface area contributed by atoms with Crippen molar-refractivity contribution in [2.45, 2.75) is 39.2 Å². The van der Waals surface area contributed by atoms with Gasteiger partial charge in [0.2, 0.25) is 11.8 Å². The first-order valence-corrected chi connectivity index (χ1v) is 9.39. The maximum atomic E-state index is 12.3. The van der Waals surface area contributed by atoms with E-state index in [9.17, 15) is 9.59 Å². The van der Waals surface area contributed by atoms with Crippen LogP contribution in [0.25, 0.3) is 0 Å². The largest absolute Gasteiger partial charge is 0.491 e. The lowest BCUT2D eigenvalue weighted by Gasteiger charge is -2.17. The zero-order valence-electron chi connectivity index (χ0n) is 15.9. The average Bonchev–Trinajstić information content (AvgIpc) is 3.07.